The van der Waals surface area contributed by atoms with E-state index in [9.17, 15) is 5.11 Å². The molecule has 0 radical (unpaired) electrons. The van der Waals surface area contributed by atoms with Crippen LogP contribution in [0.2, 0.25) is 0 Å². The van der Waals surface area contributed by atoms with Crippen LogP contribution in [0.15, 0.2) is 12.3 Å². The maximum Gasteiger partial charge on any atom is 0.0758 e. The van der Waals surface area contributed by atoms with Gasteiger partial charge in [-0.15, -0.1) is 0 Å². The summed E-state index contributed by atoms with van der Waals surface area (Å²) in [5, 5.41) is 18.9. The lowest BCUT2D eigenvalue weighted by Crippen LogP contribution is -2.32. The minimum Gasteiger partial charge on any atom is -0.516 e. The minimum absolute atomic E-state index is 0.161. The summed E-state index contributed by atoms with van der Waals surface area (Å²) in [5.74, 6) is 0. The lowest BCUT2D eigenvalue weighted by molar-refractivity contribution is 0.0361. The van der Waals surface area contributed by atoms with Crippen molar-refractivity contribution in [2.75, 3.05) is 0 Å². The number of aliphatic hydroxyl groups excluding tert-OH is 2. The van der Waals surface area contributed by atoms with Gasteiger partial charge >= 0.3 is 0 Å². The van der Waals surface area contributed by atoms with Gasteiger partial charge in [-0.05, 0) is 24.3 Å². The molecule has 2 N–H and O–H groups in total. The van der Waals surface area contributed by atoms with Crippen LogP contribution >= 0.6 is 0 Å². The Kier molecular flexibility index (Phi) is 5.36. The summed E-state index contributed by atoms with van der Waals surface area (Å²) in [6, 6.07) is 0. The molecule has 0 saturated heterocycles. The van der Waals surface area contributed by atoms with Crippen LogP contribution in [0.3, 0.4) is 0 Å². The fourth-order valence-electron chi connectivity index (χ4n) is 1.87. The zero-order chi connectivity index (χ0) is 12.1. The second-order valence-corrected chi connectivity index (χ2v) is 5.77. The van der Waals surface area contributed by atoms with Gasteiger partial charge in [0.2, 0.25) is 0 Å². The lowest BCUT2D eigenvalue weighted by atomic mass is 9.75. The molecule has 0 aliphatic carbocycles. The molecule has 0 bridgehead atoms. The predicted octanol–water partition coefficient (Wildman–Crippen LogP) is 3.66. The summed E-state index contributed by atoms with van der Waals surface area (Å²) < 4.78 is 0. The predicted molar refractivity (Wildman–Crippen MR) is 64.9 cm³/mol. The Morgan fingerprint density at radius 1 is 1.20 bits per heavy atom. The molecular weight excluding hydrogens is 188 g/mol. The first-order chi connectivity index (χ1) is 6.75. The highest BCUT2D eigenvalue weighted by Crippen LogP contribution is 2.35. The van der Waals surface area contributed by atoms with Gasteiger partial charge in [0.25, 0.3) is 0 Å². The molecule has 1 atom stereocenters. The number of rotatable bonds is 6. The second-order valence-electron chi connectivity index (χ2n) is 5.77. The van der Waals surface area contributed by atoms with Gasteiger partial charge in [0.15, 0.2) is 0 Å². The summed E-state index contributed by atoms with van der Waals surface area (Å²) >= 11 is 0. The maximum atomic E-state index is 10.1. The molecule has 0 aromatic heterocycles. The normalized spacial score (nSPS) is 15.9. The monoisotopic (exact) mass is 214 g/mol. The quantitative estimate of drug-likeness (QED) is 0.662. The Morgan fingerprint density at radius 3 is 2.13 bits per heavy atom. The van der Waals surface area contributed by atoms with Gasteiger partial charge in [-0.25, -0.2) is 0 Å². The zero-order valence-corrected chi connectivity index (χ0v) is 10.7. The van der Waals surface area contributed by atoms with Crippen LogP contribution in [0.1, 0.15) is 53.9 Å². The van der Waals surface area contributed by atoms with E-state index in [0.29, 0.717) is 0 Å². The van der Waals surface area contributed by atoms with E-state index in [4.69, 9.17) is 5.11 Å². The van der Waals surface area contributed by atoms with Crippen molar-refractivity contribution < 1.29 is 10.2 Å². The van der Waals surface area contributed by atoms with Crippen molar-refractivity contribution in [3.8, 4) is 0 Å². The van der Waals surface area contributed by atoms with E-state index in [1.54, 1.807) is 6.08 Å². The zero-order valence-electron chi connectivity index (χ0n) is 10.7. The van der Waals surface area contributed by atoms with E-state index in [0.717, 1.165) is 25.5 Å². The molecule has 0 aliphatic rings. The molecule has 15 heavy (non-hydrogen) atoms. The average molecular weight is 214 g/mol. The van der Waals surface area contributed by atoms with Crippen molar-refractivity contribution in [1.82, 2.24) is 0 Å². The number of hydrogen-bond donors (Lipinski definition) is 2. The highest BCUT2D eigenvalue weighted by Gasteiger charge is 2.30. The third-order valence-corrected chi connectivity index (χ3v) is 3.04. The van der Waals surface area contributed by atoms with E-state index >= 15 is 0 Å². The van der Waals surface area contributed by atoms with Crippen LogP contribution in [-0.2, 0) is 0 Å². The molecule has 0 heterocycles. The van der Waals surface area contributed by atoms with Crippen LogP contribution in [0, 0.1) is 10.8 Å². The fourth-order valence-corrected chi connectivity index (χ4v) is 1.87. The van der Waals surface area contributed by atoms with Crippen molar-refractivity contribution in [3.63, 3.8) is 0 Å². The number of aliphatic hydroxyl groups is 2. The van der Waals surface area contributed by atoms with E-state index in [2.05, 4.69) is 20.8 Å². The van der Waals surface area contributed by atoms with Crippen molar-refractivity contribution in [3.05, 3.63) is 12.3 Å². The molecule has 1 unspecified atom stereocenters. The first-order valence-corrected chi connectivity index (χ1v) is 5.75. The van der Waals surface area contributed by atoms with Crippen LogP contribution in [0.5, 0.6) is 0 Å². The molecule has 2 nitrogen and oxygen atoms in total. The molecule has 0 aromatic rings. The van der Waals surface area contributed by atoms with Gasteiger partial charge in [0.1, 0.15) is 0 Å². The molecule has 0 fully saturated rings. The molecule has 0 aromatic carbocycles. The summed E-state index contributed by atoms with van der Waals surface area (Å²) in [4.78, 5) is 0. The summed E-state index contributed by atoms with van der Waals surface area (Å²) in [6.07, 6.45) is 5.27. The van der Waals surface area contributed by atoms with E-state index in [1.807, 2.05) is 13.8 Å². The minimum atomic E-state index is -0.414. The van der Waals surface area contributed by atoms with Crippen molar-refractivity contribution in [1.29, 1.82) is 0 Å². The van der Waals surface area contributed by atoms with Crippen molar-refractivity contribution >= 4 is 0 Å². The maximum absolute atomic E-state index is 10.1. The second kappa shape index (κ2) is 5.55. The van der Waals surface area contributed by atoms with Gasteiger partial charge in [-0.2, -0.15) is 0 Å². The Morgan fingerprint density at radius 2 is 1.73 bits per heavy atom. The highest BCUT2D eigenvalue weighted by molar-refractivity contribution is 4.96. The Bertz CT molecular complexity index is 205. The summed E-state index contributed by atoms with van der Waals surface area (Å²) in [6.45, 7) is 10.4. The Balaban J connectivity index is 4.40. The Hall–Kier alpha value is -0.500. The molecule has 2 heteroatoms. The van der Waals surface area contributed by atoms with Crippen LogP contribution in [0.25, 0.3) is 0 Å². The smallest absolute Gasteiger partial charge is 0.0758 e. The number of hydrogen-bond acceptors (Lipinski definition) is 2. The van der Waals surface area contributed by atoms with E-state index in [1.165, 1.54) is 0 Å². The molecule has 90 valence electrons. The molecule has 0 aliphatic heterocycles. The van der Waals surface area contributed by atoms with Crippen LogP contribution in [-0.4, -0.2) is 16.3 Å². The van der Waals surface area contributed by atoms with Gasteiger partial charge in [0, 0.05) is 5.41 Å². The molecular formula is C13H26O2. The van der Waals surface area contributed by atoms with Gasteiger partial charge in [-0.3, -0.25) is 0 Å². The molecule has 0 rings (SSSR count). The first-order valence-electron chi connectivity index (χ1n) is 5.75. The van der Waals surface area contributed by atoms with Gasteiger partial charge in [-0.1, -0.05) is 41.0 Å². The van der Waals surface area contributed by atoms with Crippen molar-refractivity contribution in [2.45, 2.75) is 60.0 Å². The van der Waals surface area contributed by atoms with E-state index < -0.39 is 6.10 Å². The highest BCUT2D eigenvalue weighted by atomic mass is 16.3. The summed E-state index contributed by atoms with van der Waals surface area (Å²) in [5.41, 5.74) is -0.200. The van der Waals surface area contributed by atoms with Crippen LogP contribution < -0.4 is 0 Å². The van der Waals surface area contributed by atoms with Crippen molar-refractivity contribution in [2.24, 2.45) is 10.8 Å². The summed E-state index contributed by atoms with van der Waals surface area (Å²) in [7, 11) is 0. The standard InChI is InChI=1S/C13H26O2/c1-6-7-12(2,3)10-11(15)13(4,5)8-9-14/h8-9,11,14-15H,6-7,10H2,1-5H3/b9-8-. The van der Waals surface area contributed by atoms with E-state index in [-0.39, 0.29) is 10.8 Å². The molecule has 0 amide bonds. The SMILES string of the molecule is CCCC(C)(C)CC(O)C(C)(C)/C=C\O. The third-order valence-electron chi connectivity index (χ3n) is 3.04. The molecule has 0 spiro atoms. The van der Waals surface area contributed by atoms with Gasteiger partial charge in [0.05, 0.1) is 12.4 Å². The topological polar surface area (TPSA) is 40.5 Å². The largest absolute Gasteiger partial charge is 0.516 e. The fraction of sp³-hybridized carbons (Fsp3) is 0.846. The Labute approximate surface area is 94.0 Å². The first kappa shape index (κ1) is 14.5. The third kappa shape index (κ3) is 5.22. The van der Waals surface area contributed by atoms with Gasteiger partial charge < -0.3 is 10.2 Å². The molecule has 0 saturated carbocycles. The average Bonchev–Trinajstić information content (AvgIpc) is 2.02. The lowest BCUT2D eigenvalue weighted by Gasteiger charge is -2.34. The van der Waals surface area contributed by atoms with Crippen LogP contribution in [0.4, 0.5) is 0 Å².